The molecule has 0 saturated heterocycles. The minimum Gasteiger partial charge on any atom is -0.494 e. The van der Waals surface area contributed by atoms with E-state index in [2.05, 4.69) is 11.4 Å². The number of amides is 1. The third kappa shape index (κ3) is 4.20. The molecule has 0 aliphatic rings. The van der Waals surface area contributed by atoms with Crippen LogP contribution in [0.1, 0.15) is 39.2 Å². The Morgan fingerprint density at radius 3 is 2.67 bits per heavy atom. The molecule has 1 aromatic rings. The highest BCUT2D eigenvalue weighted by Crippen LogP contribution is 2.24. The molecule has 21 heavy (non-hydrogen) atoms. The minimum atomic E-state index is -0.903. The average molecular weight is 290 g/mol. The van der Waals surface area contributed by atoms with Crippen LogP contribution in [-0.2, 0) is 9.53 Å². The summed E-state index contributed by atoms with van der Waals surface area (Å²) in [5.74, 6) is 0.350. The van der Waals surface area contributed by atoms with Crippen LogP contribution in [0.3, 0.4) is 0 Å². The fourth-order valence-electron chi connectivity index (χ4n) is 2.02. The molecule has 114 valence electrons. The van der Waals surface area contributed by atoms with Gasteiger partial charge >= 0.3 is 0 Å². The molecule has 1 amide bonds. The van der Waals surface area contributed by atoms with Crippen LogP contribution in [0, 0.1) is 11.3 Å². The van der Waals surface area contributed by atoms with Gasteiger partial charge < -0.3 is 14.8 Å². The van der Waals surface area contributed by atoms with Crippen molar-refractivity contribution >= 4 is 11.6 Å². The van der Waals surface area contributed by atoms with E-state index in [0.29, 0.717) is 30.0 Å². The molecule has 0 fully saturated rings. The zero-order valence-corrected chi connectivity index (χ0v) is 13.0. The number of rotatable bonds is 7. The van der Waals surface area contributed by atoms with Crippen LogP contribution < -0.4 is 10.1 Å². The van der Waals surface area contributed by atoms with Gasteiger partial charge in [-0.15, -0.1) is 0 Å². The van der Waals surface area contributed by atoms with Gasteiger partial charge in [-0.25, -0.2) is 0 Å². The summed E-state index contributed by atoms with van der Waals surface area (Å²) < 4.78 is 10.7. The van der Waals surface area contributed by atoms with Gasteiger partial charge in [0.1, 0.15) is 17.4 Å². The summed E-state index contributed by atoms with van der Waals surface area (Å²) >= 11 is 0. The maximum atomic E-state index is 12.4. The largest absolute Gasteiger partial charge is 0.494 e. The molecule has 0 bridgehead atoms. The molecule has 5 heteroatoms. The van der Waals surface area contributed by atoms with Crippen LogP contribution in [0.2, 0.25) is 0 Å². The predicted octanol–water partition coefficient (Wildman–Crippen LogP) is 3.10. The summed E-state index contributed by atoms with van der Waals surface area (Å²) in [5.41, 5.74) is -0.0744. The number of carbonyl (C=O) groups is 1. The Bertz CT molecular complexity index is 537. The molecule has 1 aromatic carbocycles. The second-order valence-corrected chi connectivity index (χ2v) is 4.89. The maximum absolute atomic E-state index is 12.4. The smallest absolute Gasteiger partial charge is 0.256 e. The van der Waals surface area contributed by atoms with Gasteiger partial charge in [-0.1, -0.05) is 13.3 Å². The molecule has 0 aromatic heterocycles. The lowest BCUT2D eigenvalue weighted by Crippen LogP contribution is -2.41. The normalized spacial score (nSPS) is 13.1. The number of nitrogens with one attached hydrogen (secondary N) is 1. The molecule has 0 aliphatic carbocycles. The topological polar surface area (TPSA) is 71.3 Å². The van der Waals surface area contributed by atoms with Crippen molar-refractivity contribution in [1.82, 2.24) is 0 Å². The Morgan fingerprint density at radius 1 is 1.43 bits per heavy atom. The molecule has 5 nitrogen and oxygen atoms in total. The van der Waals surface area contributed by atoms with E-state index in [-0.39, 0.29) is 5.91 Å². The molecule has 1 rings (SSSR count). The molecule has 0 aliphatic heterocycles. The third-order valence-electron chi connectivity index (χ3n) is 3.33. The summed E-state index contributed by atoms with van der Waals surface area (Å²) in [7, 11) is 1.51. The van der Waals surface area contributed by atoms with Crippen LogP contribution >= 0.6 is 0 Å². The van der Waals surface area contributed by atoms with Crippen LogP contribution in [0.15, 0.2) is 18.2 Å². The van der Waals surface area contributed by atoms with E-state index < -0.39 is 5.60 Å². The highest BCUT2D eigenvalue weighted by atomic mass is 16.5. The second kappa shape index (κ2) is 7.65. The Balaban J connectivity index is 2.97. The molecule has 1 N–H and O–H groups in total. The van der Waals surface area contributed by atoms with Crippen molar-refractivity contribution < 1.29 is 14.3 Å². The Labute approximate surface area is 125 Å². The molecule has 0 radical (unpaired) electrons. The van der Waals surface area contributed by atoms with Crippen molar-refractivity contribution in [3.05, 3.63) is 23.8 Å². The quantitative estimate of drug-likeness (QED) is 0.837. The zero-order valence-electron chi connectivity index (χ0n) is 13.0. The van der Waals surface area contributed by atoms with E-state index >= 15 is 0 Å². The first-order valence-electron chi connectivity index (χ1n) is 7.04. The number of hydrogen-bond acceptors (Lipinski definition) is 4. The van der Waals surface area contributed by atoms with Crippen molar-refractivity contribution in [3.63, 3.8) is 0 Å². The molecule has 1 atom stereocenters. The number of carbonyl (C=O) groups excluding carboxylic acids is 1. The average Bonchev–Trinajstić information content (AvgIpc) is 2.49. The first-order chi connectivity index (χ1) is 10.0. The summed E-state index contributed by atoms with van der Waals surface area (Å²) in [6.45, 7) is 6.12. The van der Waals surface area contributed by atoms with Crippen molar-refractivity contribution in [2.45, 2.75) is 39.2 Å². The van der Waals surface area contributed by atoms with E-state index in [0.717, 1.165) is 6.42 Å². The molecule has 0 unspecified atom stereocenters. The summed E-state index contributed by atoms with van der Waals surface area (Å²) in [5, 5.41) is 12.0. The summed E-state index contributed by atoms with van der Waals surface area (Å²) in [6.07, 6.45) is 1.43. The van der Waals surface area contributed by atoms with Gasteiger partial charge in [-0.05, 0) is 38.5 Å². The number of methoxy groups -OCH3 is 1. The van der Waals surface area contributed by atoms with Gasteiger partial charge in [0.05, 0.1) is 17.9 Å². The second-order valence-electron chi connectivity index (χ2n) is 4.89. The molecular weight excluding hydrogens is 268 g/mol. The van der Waals surface area contributed by atoms with E-state index in [1.807, 2.05) is 13.8 Å². The standard InChI is InChI=1S/C16H22N2O3/c1-5-9-16(3,20-4)15(19)18-14-8-7-13(21-6-2)10-12(14)11-17/h7-8,10H,5-6,9H2,1-4H3,(H,18,19)/t16-/m1/s1. The SMILES string of the molecule is CCC[C@@](C)(OC)C(=O)Nc1ccc(OCC)cc1C#N. The number of hydrogen-bond donors (Lipinski definition) is 1. The number of nitriles is 1. The van der Waals surface area contributed by atoms with Gasteiger partial charge in [0, 0.05) is 7.11 Å². The highest BCUT2D eigenvalue weighted by molar-refractivity contribution is 5.98. The molecule has 0 spiro atoms. The van der Waals surface area contributed by atoms with Gasteiger partial charge in [0.25, 0.3) is 5.91 Å². The third-order valence-corrected chi connectivity index (χ3v) is 3.33. The van der Waals surface area contributed by atoms with Gasteiger partial charge in [0.15, 0.2) is 0 Å². The first kappa shape index (κ1) is 17.0. The Kier molecular flexibility index (Phi) is 6.19. The predicted molar refractivity (Wildman–Crippen MR) is 81.3 cm³/mol. The van der Waals surface area contributed by atoms with Gasteiger partial charge in [-0.3, -0.25) is 4.79 Å². The Hall–Kier alpha value is -2.06. The van der Waals surface area contributed by atoms with E-state index in [9.17, 15) is 10.1 Å². The van der Waals surface area contributed by atoms with Crippen molar-refractivity contribution in [2.75, 3.05) is 19.0 Å². The maximum Gasteiger partial charge on any atom is 0.256 e. The van der Waals surface area contributed by atoms with Crippen LogP contribution in [-0.4, -0.2) is 25.2 Å². The molecular formula is C16H22N2O3. The van der Waals surface area contributed by atoms with Gasteiger partial charge in [-0.2, -0.15) is 5.26 Å². The molecule has 0 saturated carbocycles. The molecule has 0 heterocycles. The van der Waals surface area contributed by atoms with E-state index in [4.69, 9.17) is 9.47 Å². The summed E-state index contributed by atoms with van der Waals surface area (Å²) in [6, 6.07) is 7.08. The van der Waals surface area contributed by atoms with Crippen molar-refractivity contribution in [1.29, 1.82) is 5.26 Å². The number of benzene rings is 1. The highest BCUT2D eigenvalue weighted by Gasteiger charge is 2.32. The van der Waals surface area contributed by atoms with E-state index in [1.165, 1.54) is 7.11 Å². The minimum absolute atomic E-state index is 0.257. The van der Waals surface area contributed by atoms with Crippen molar-refractivity contribution in [2.24, 2.45) is 0 Å². The number of anilines is 1. The summed E-state index contributed by atoms with van der Waals surface area (Å²) in [4.78, 5) is 12.4. The van der Waals surface area contributed by atoms with Crippen molar-refractivity contribution in [3.8, 4) is 11.8 Å². The number of nitrogens with zero attached hydrogens (tertiary/aromatic N) is 1. The van der Waals surface area contributed by atoms with Crippen LogP contribution in [0.25, 0.3) is 0 Å². The zero-order chi connectivity index (χ0) is 15.9. The first-order valence-corrected chi connectivity index (χ1v) is 7.04. The lowest BCUT2D eigenvalue weighted by molar-refractivity contribution is -0.136. The lowest BCUT2D eigenvalue weighted by Gasteiger charge is -2.26. The van der Waals surface area contributed by atoms with Crippen LogP contribution in [0.4, 0.5) is 5.69 Å². The van der Waals surface area contributed by atoms with Gasteiger partial charge in [0.2, 0.25) is 0 Å². The Morgan fingerprint density at radius 2 is 2.14 bits per heavy atom. The fourth-order valence-corrected chi connectivity index (χ4v) is 2.02. The fraction of sp³-hybridized carbons (Fsp3) is 0.500. The number of ether oxygens (including phenoxy) is 2. The van der Waals surface area contributed by atoms with E-state index in [1.54, 1.807) is 25.1 Å². The van der Waals surface area contributed by atoms with Crippen LogP contribution in [0.5, 0.6) is 5.75 Å². The lowest BCUT2D eigenvalue weighted by atomic mass is 9.99. The monoisotopic (exact) mass is 290 g/mol.